The molecule has 0 unspecified atom stereocenters. The predicted octanol–water partition coefficient (Wildman–Crippen LogP) is 2.34. The Hall–Kier alpha value is -1.75. The van der Waals surface area contributed by atoms with Crippen molar-refractivity contribution in [2.75, 3.05) is 20.3 Å². The minimum absolute atomic E-state index is 0.129. The second-order valence-corrected chi connectivity index (χ2v) is 4.74. The van der Waals surface area contributed by atoms with Gasteiger partial charge in [0.15, 0.2) is 11.5 Å². The van der Waals surface area contributed by atoms with Crippen LogP contribution < -0.4 is 10.1 Å². The highest BCUT2D eigenvalue weighted by atomic mass is 16.5. The fraction of sp³-hybridized carbons (Fsp3) is 0.533. The lowest BCUT2D eigenvalue weighted by Gasteiger charge is -2.10. The van der Waals surface area contributed by atoms with Gasteiger partial charge in [0, 0.05) is 13.2 Å². The van der Waals surface area contributed by atoms with E-state index in [0.29, 0.717) is 18.9 Å². The van der Waals surface area contributed by atoms with E-state index < -0.39 is 0 Å². The number of para-hydroxylation sites is 1. The van der Waals surface area contributed by atoms with Gasteiger partial charge in [0.05, 0.1) is 18.8 Å². The second kappa shape index (κ2) is 8.43. The summed E-state index contributed by atoms with van der Waals surface area (Å²) in [5.41, 5.74) is 0.225. The zero-order valence-electron chi connectivity index (χ0n) is 12.3. The number of rotatable bonds is 8. The molecule has 0 radical (unpaired) electrons. The average Bonchev–Trinajstić information content (AvgIpc) is 2.42. The maximum absolute atomic E-state index is 11.9. The number of ether oxygens (including phenoxy) is 2. The molecule has 1 aromatic carbocycles. The lowest BCUT2D eigenvalue weighted by Crippen LogP contribution is -2.24. The Bertz CT molecular complexity index is 432. The van der Waals surface area contributed by atoms with Gasteiger partial charge in [0.2, 0.25) is 0 Å². The molecule has 2 N–H and O–H groups in total. The predicted molar refractivity (Wildman–Crippen MR) is 77.3 cm³/mol. The Balaban J connectivity index is 2.36. The Morgan fingerprint density at radius 2 is 2.10 bits per heavy atom. The molecule has 0 aliphatic heterocycles. The molecule has 1 rings (SSSR count). The third-order valence-electron chi connectivity index (χ3n) is 2.77. The van der Waals surface area contributed by atoms with Crippen molar-refractivity contribution in [1.29, 1.82) is 0 Å². The lowest BCUT2D eigenvalue weighted by atomic mass is 10.1. The van der Waals surface area contributed by atoms with Crippen molar-refractivity contribution in [2.24, 2.45) is 0 Å². The fourth-order valence-corrected chi connectivity index (χ4v) is 1.71. The highest BCUT2D eigenvalue weighted by Gasteiger charge is 2.13. The van der Waals surface area contributed by atoms with Crippen molar-refractivity contribution in [3.8, 4) is 11.5 Å². The van der Waals surface area contributed by atoms with Crippen LogP contribution in [0.1, 0.15) is 37.0 Å². The molecule has 0 aliphatic rings. The highest BCUT2D eigenvalue weighted by molar-refractivity contribution is 5.97. The first-order valence-electron chi connectivity index (χ1n) is 6.82. The number of carbonyl (C=O) groups is 1. The third kappa shape index (κ3) is 5.09. The summed E-state index contributed by atoms with van der Waals surface area (Å²) < 4.78 is 10.4. The minimum atomic E-state index is -0.300. The van der Waals surface area contributed by atoms with E-state index in [1.54, 1.807) is 18.2 Å². The second-order valence-electron chi connectivity index (χ2n) is 4.74. The van der Waals surface area contributed by atoms with Gasteiger partial charge in [-0.2, -0.15) is 0 Å². The first-order valence-corrected chi connectivity index (χ1v) is 6.82. The molecule has 5 heteroatoms. The molecule has 0 saturated carbocycles. The molecule has 0 spiro atoms. The Morgan fingerprint density at radius 1 is 1.35 bits per heavy atom. The van der Waals surface area contributed by atoms with Crippen LogP contribution in [0.15, 0.2) is 18.2 Å². The van der Waals surface area contributed by atoms with Gasteiger partial charge in [0.25, 0.3) is 5.91 Å². The topological polar surface area (TPSA) is 67.8 Å². The van der Waals surface area contributed by atoms with E-state index in [0.717, 1.165) is 12.8 Å². The van der Waals surface area contributed by atoms with Gasteiger partial charge in [0.1, 0.15) is 0 Å². The summed E-state index contributed by atoms with van der Waals surface area (Å²) in [6, 6.07) is 4.84. The van der Waals surface area contributed by atoms with E-state index in [4.69, 9.17) is 9.47 Å². The molecule has 112 valence electrons. The van der Waals surface area contributed by atoms with Crippen LogP contribution in [0.25, 0.3) is 0 Å². The van der Waals surface area contributed by atoms with Crippen molar-refractivity contribution in [1.82, 2.24) is 5.32 Å². The van der Waals surface area contributed by atoms with E-state index in [1.165, 1.54) is 7.11 Å². The van der Waals surface area contributed by atoms with Crippen LogP contribution in [0.3, 0.4) is 0 Å². The van der Waals surface area contributed by atoms with E-state index >= 15 is 0 Å². The van der Waals surface area contributed by atoms with Gasteiger partial charge in [-0.15, -0.1) is 0 Å². The number of carbonyl (C=O) groups excluding carboxylic acids is 1. The number of hydrogen-bond donors (Lipinski definition) is 2. The number of nitrogens with one attached hydrogen (secondary N) is 1. The van der Waals surface area contributed by atoms with Crippen LogP contribution >= 0.6 is 0 Å². The van der Waals surface area contributed by atoms with Crippen molar-refractivity contribution >= 4 is 5.91 Å². The molecule has 20 heavy (non-hydrogen) atoms. The van der Waals surface area contributed by atoms with Crippen LogP contribution in [0.2, 0.25) is 0 Å². The molecule has 0 atom stereocenters. The maximum atomic E-state index is 11.9. The van der Waals surface area contributed by atoms with Crippen molar-refractivity contribution in [3.05, 3.63) is 23.8 Å². The summed E-state index contributed by atoms with van der Waals surface area (Å²) >= 11 is 0. The van der Waals surface area contributed by atoms with Crippen LogP contribution in [0.4, 0.5) is 0 Å². The Kier molecular flexibility index (Phi) is 6.87. The first-order chi connectivity index (χ1) is 9.56. The fourth-order valence-electron chi connectivity index (χ4n) is 1.71. The zero-order valence-corrected chi connectivity index (χ0v) is 12.3. The molecule has 1 aromatic rings. The van der Waals surface area contributed by atoms with Gasteiger partial charge < -0.3 is 19.9 Å². The lowest BCUT2D eigenvalue weighted by molar-refractivity contribution is 0.0754. The molecule has 1 amide bonds. The molecule has 0 fully saturated rings. The molecule has 0 aliphatic carbocycles. The molecular formula is C15H23NO4. The monoisotopic (exact) mass is 281 g/mol. The summed E-state index contributed by atoms with van der Waals surface area (Å²) in [5.74, 6) is -0.134. The first kappa shape index (κ1) is 16.3. The summed E-state index contributed by atoms with van der Waals surface area (Å²) in [7, 11) is 1.45. The number of unbranched alkanes of at least 4 members (excludes halogenated alkanes) is 1. The quantitative estimate of drug-likeness (QED) is 0.718. The molecule has 0 aromatic heterocycles. The van der Waals surface area contributed by atoms with Crippen LogP contribution in [0, 0.1) is 0 Å². The summed E-state index contributed by atoms with van der Waals surface area (Å²) in [4.78, 5) is 11.9. The van der Waals surface area contributed by atoms with Crippen LogP contribution in [-0.4, -0.2) is 37.4 Å². The number of phenols is 1. The van der Waals surface area contributed by atoms with Gasteiger partial charge in [-0.05, 0) is 38.8 Å². The van der Waals surface area contributed by atoms with Crippen LogP contribution in [-0.2, 0) is 4.74 Å². The smallest absolute Gasteiger partial charge is 0.255 e. The summed E-state index contributed by atoms with van der Waals surface area (Å²) in [5, 5.41) is 12.6. The van der Waals surface area contributed by atoms with Crippen molar-refractivity contribution < 1.29 is 19.4 Å². The van der Waals surface area contributed by atoms with Crippen LogP contribution in [0.5, 0.6) is 11.5 Å². The maximum Gasteiger partial charge on any atom is 0.255 e. The SMILES string of the molecule is COc1cccc(C(=O)NCCCCOC(C)C)c1O. The van der Waals surface area contributed by atoms with Crippen molar-refractivity contribution in [3.63, 3.8) is 0 Å². The molecule has 5 nitrogen and oxygen atoms in total. The average molecular weight is 281 g/mol. The Morgan fingerprint density at radius 3 is 2.75 bits per heavy atom. The van der Waals surface area contributed by atoms with Gasteiger partial charge in [-0.1, -0.05) is 6.07 Å². The Labute approximate surface area is 119 Å². The molecular weight excluding hydrogens is 258 g/mol. The standard InChI is InChI=1S/C15H23NO4/c1-11(2)20-10-5-4-9-16-15(18)12-7-6-8-13(19-3)14(12)17/h6-8,11,17H,4-5,9-10H2,1-3H3,(H,16,18). The highest BCUT2D eigenvalue weighted by Crippen LogP contribution is 2.29. The van der Waals surface area contributed by atoms with Crippen molar-refractivity contribution in [2.45, 2.75) is 32.8 Å². The third-order valence-corrected chi connectivity index (χ3v) is 2.77. The van der Waals surface area contributed by atoms with E-state index in [9.17, 15) is 9.90 Å². The van der Waals surface area contributed by atoms with E-state index in [-0.39, 0.29) is 23.3 Å². The normalized spacial score (nSPS) is 10.6. The molecule has 0 saturated heterocycles. The molecule has 0 heterocycles. The van der Waals surface area contributed by atoms with E-state index in [1.807, 2.05) is 13.8 Å². The van der Waals surface area contributed by atoms with Gasteiger partial charge >= 0.3 is 0 Å². The number of phenolic OH excluding ortho intramolecular Hbond substituents is 1. The largest absolute Gasteiger partial charge is 0.504 e. The number of benzene rings is 1. The summed E-state index contributed by atoms with van der Waals surface area (Å²) in [6.07, 6.45) is 1.96. The molecule has 0 bridgehead atoms. The number of methoxy groups -OCH3 is 1. The van der Waals surface area contributed by atoms with E-state index in [2.05, 4.69) is 5.32 Å². The van der Waals surface area contributed by atoms with Gasteiger partial charge in [-0.25, -0.2) is 0 Å². The number of amides is 1. The summed E-state index contributed by atoms with van der Waals surface area (Å²) in [6.45, 7) is 5.23. The number of aromatic hydroxyl groups is 1. The van der Waals surface area contributed by atoms with Gasteiger partial charge in [-0.3, -0.25) is 4.79 Å². The zero-order chi connectivity index (χ0) is 15.0. The minimum Gasteiger partial charge on any atom is -0.504 e. The number of hydrogen-bond acceptors (Lipinski definition) is 4.